The summed E-state index contributed by atoms with van der Waals surface area (Å²) in [5, 5.41) is 5.48. The highest BCUT2D eigenvalue weighted by Gasteiger charge is 2.71. The Morgan fingerprint density at radius 1 is 1.38 bits per heavy atom. The van der Waals surface area contributed by atoms with Crippen LogP contribution in [0.5, 0.6) is 0 Å². The van der Waals surface area contributed by atoms with Crippen LogP contribution < -0.4 is 16.4 Å². The van der Waals surface area contributed by atoms with Crippen molar-refractivity contribution in [3.8, 4) is 0 Å². The minimum absolute atomic E-state index is 0.0557. The third-order valence-electron chi connectivity index (χ3n) is 5.36. The Morgan fingerprint density at radius 2 is 2.00 bits per heavy atom. The van der Waals surface area contributed by atoms with Crippen LogP contribution in [0.3, 0.4) is 0 Å². The zero-order valence-corrected chi connectivity index (χ0v) is 13.6. The summed E-state index contributed by atoms with van der Waals surface area (Å²) in [7, 11) is 1.59. The summed E-state index contributed by atoms with van der Waals surface area (Å²) < 4.78 is 5.69. The fraction of sp³-hybridized carbons (Fsp3) is 0.867. The van der Waals surface area contributed by atoms with E-state index < -0.39 is 16.4 Å². The second-order valence-corrected chi connectivity index (χ2v) is 7.42. The average molecular weight is 297 g/mol. The first-order valence-electron chi connectivity index (χ1n) is 7.50. The number of nitrogens with one attached hydrogen (secondary N) is 2. The molecule has 1 aliphatic carbocycles. The SMILES string of the molecule is CNC(=O)C(C)(C)CNC(=O)C1(N)C2CCOC2C1(C)C. The molecular formula is C15H27N3O3. The number of fused-ring (bicyclic) bond motifs is 1. The molecule has 120 valence electrons. The number of carbonyl (C=O) groups is 2. The molecule has 0 radical (unpaired) electrons. The fourth-order valence-electron chi connectivity index (χ4n) is 3.71. The standard InChI is InChI=1S/C15H27N3O3/c1-13(2,11(19)17-5)8-18-12(20)15(16)9-6-7-21-10(9)14(15,3)4/h9-10H,6-8,16H2,1-5H3,(H,17,19)(H,18,20). The Kier molecular flexibility index (Phi) is 3.83. The minimum atomic E-state index is -0.924. The van der Waals surface area contributed by atoms with Crippen LogP contribution in [0.4, 0.5) is 0 Å². The molecule has 6 heteroatoms. The molecule has 3 atom stereocenters. The molecule has 2 fully saturated rings. The van der Waals surface area contributed by atoms with Gasteiger partial charge in [-0.1, -0.05) is 13.8 Å². The number of hydrogen-bond donors (Lipinski definition) is 3. The normalized spacial score (nSPS) is 33.8. The molecule has 4 N–H and O–H groups in total. The van der Waals surface area contributed by atoms with Gasteiger partial charge in [0.15, 0.2) is 0 Å². The maximum atomic E-state index is 12.6. The lowest BCUT2D eigenvalue weighted by Crippen LogP contribution is -2.80. The van der Waals surface area contributed by atoms with Gasteiger partial charge in [0.05, 0.1) is 11.5 Å². The second kappa shape index (κ2) is 4.95. The zero-order chi connectivity index (χ0) is 16.1. The summed E-state index contributed by atoms with van der Waals surface area (Å²) in [5.41, 5.74) is 4.47. The van der Waals surface area contributed by atoms with Gasteiger partial charge in [0.2, 0.25) is 11.8 Å². The Hall–Kier alpha value is -1.14. The van der Waals surface area contributed by atoms with Crippen LogP contribution in [0.25, 0.3) is 0 Å². The third kappa shape index (κ3) is 2.16. The molecule has 1 heterocycles. The van der Waals surface area contributed by atoms with Crippen molar-refractivity contribution in [1.82, 2.24) is 10.6 Å². The van der Waals surface area contributed by atoms with Gasteiger partial charge in [-0.2, -0.15) is 0 Å². The van der Waals surface area contributed by atoms with E-state index in [9.17, 15) is 9.59 Å². The molecule has 0 spiro atoms. The lowest BCUT2D eigenvalue weighted by molar-refractivity contribution is -0.175. The van der Waals surface area contributed by atoms with Gasteiger partial charge < -0.3 is 21.1 Å². The molecule has 2 rings (SSSR count). The number of amides is 2. The lowest BCUT2D eigenvalue weighted by Gasteiger charge is -2.60. The van der Waals surface area contributed by atoms with Crippen molar-refractivity contribution in [1.29, 1.82) is 0 Å². The van der Waals surface area contributed by atoms with Crippen LogP contribution in [-0.2, 0) is 14.3 Å². The molecule has 1 aliphatic heterocycles. The van der Waals surface area contributed by atoms with E-state index in [1.54, 1.807) is 20.9 Å². The average Bonchev–Trinajstić information content (AvgIpc) is 2.91. The largest absolute Gasteiger partial charge is 0.377 e. The molecule has 0 bridgehead atoms. The molecule has 0 aromatic carbocycles. The summed E-state index contributed by atoms with van der Waals surface area (Å²) in [6.45, 7) is 8.46. The fourth-order valence-corrected chi connectivity index (χ4v) is 3.71. The highest BCUT2D eigenvalue weighted by atomic mass is 16.5. The van der Waals surface area contributed by atoms with Gasteiger partial charge in [-0.05, 0) is 20.3 Å². The van der Waals surface area contributed by atoms with Crippen molar-refractivity contribution in [3.63, 3.8) is 0 Å². The number of rotatable bonds is 4. The number of ether oxygens (including phenoxy) is 1. The summed E-state index contributed by atoms with van der Waals surface area (Å²) in [6, 6.07) is 0. The number of nitrogens with two attached hydrogens (primary N) is 1. The van der Waals surface area contributed by atoms with Crippen molar-refractivity contribution in [3.05, 3.63) is 0 Å². The van der Waals surface area contributed by atoms with E-state index >= 15 is 0 Å². The first-order valence-corrected chi connectivity index (χ1v) is 7.50. The van der Waals surface area contributed by atoms with E-state index in [2.05, 4.69) is 10.6 Å². The monoisotopic (exact) mass is 297 g/mol. The minimum Gasteiger partial charge on any atom is -0.377 e. The molecule has 2 aliphatic rings. The summed E-state index contributed by atoms with van der Waals surface area (Å²) in [5.74, 6) is -0.226. The van der Waals surface area contributed by atoms with E-state index in [1.807, 2.05) is 13.8 Å². The van der Waals surface area contributed by atoms with Gasteiger partial charge in [-0.3, -0.25) is 9.59 Å². The quantitative estimate of drug-likeness (QED) is 0.682. The summed E-state index contributed by atoms with van der Waals surface area (Å²) in [6.07, 6.45) is 0.872. The van der Waals surface area contributed by atoms with E-state index in [4.69, 9.17) is 10.5 Å². The molecule has 1 saturated heterocycles. The highest BCUT2D eigenvalue weighted by molar-refractivity contribution is 5.90. The zero-order valence-electron chi connectivity index (χ0n) is 13.6. The Morgan fingerprint density at radius 3 is 2.57 bits per heavy atom. The van der Waals surface area contributed by atoms with Crippen molar-refractivity contribution >= 4 is 11.8 Å². The van der Waals surface area contributed by atoms with Crippen LogP contribution in [0.1, 0.15) is 34.1 Å². The van der Waals surface area contributed by atoms with Crippen LogP contribution in [-0.4, -0.2) is 43.7 Å². The lowest BCUT2D eigenvalue weighted by atomic mass is 9.48. The molecule has 0 aromatic heterocycles. The van der Waals surface area contributed by atoms with E-state index in [-0.39, 0.29) is 30.4 Å². The number of hydrogen-bond acceptors (Lipinski definition) is 4. The van der Waals surface area contributed by atoms with Crippen molar-refractivity contribution < 1.29 is 14.3 Å². The van der Waals surface area contributed by atoms with Crippen molar-refractivity contribution in [2.24, 2.45) is 22.5 Å². The van der Waals surface area contributed by atoms with Crippen LogP contribution >= 0.6 is 0 Å². The topological polar surface area (TPSA) is 93.5 Å². The van der Waals surface area contributed by atoms with E-state index in [0.29, 0.717) is 6.61 Å². The first-order chi connectivity index (χ1) is 9.59. The van der Waals surface area contributed by atoms with Gasteiger partial charge >= 0.3 is 0 Å². The summed E-state index contributed by atoms with van der Waals surface area (Å²) in [4.78, 5) is 24.4. The van der Waals surface area contributed by atoms with Gasteiger partial charge in [0, 0.05) is 31.5 Å². The van der Waals surface area contributed by atoms with Gasteiger partial charge in [0.25, 0.3) is 0 Å². The predicted octanol–water partition coefficient (Wildman–Crippen LogP) is 0.0172. The Labute approximate surface area is 126 Å². The Bertz CT molecular complexity index is 461. The van der Waals surface area contributed by atoms with Crippen molar-refractivity contribution in [2.45, 2.75) is 45.8 Å². The smallest absolute Gasteiger partial charge is 0.241 e. The molecule has 21 heavy (non-hydrogen) atoms. The van der Waals surface area contributed by atoms with E-state index in [0.717, 1.165) is 6.42 Å². The maximum absolute atomic E-state index is 12.6. The highest BCUT2D eigenvalue weighted by Crippen LogP contribution is 2.58. The maximum Gasteiger partial charge on any atom is 0.241 e. The van der Waals surface area contributed by atoms with Gasteiger partial charge in [0.1, 0.15) is 5.54 Å². The molecule has 1 saturated carbocycles. The molecule has 2 amide bonds. The first kappa shape index (κ1) is 16.2. The summed E-state index contributed by atoms with van der Waals surface area (Å²) >= 11 is 0. The van der Waals surface area contributed by atoms with Crippen LogP contribution in [0.2, 0.25) is 0 Å². The van der Waals surface area contributed by atoms with Crippen LogP contribution in [0.15, 0.2) is 0 Å². The Balaban J connectivity index is 2.05. The van der Waals surface area contributed by atoms with Crippen LogP contribution in [0, 0.1) is 16.7 Å². The number of carbonyl (C=O) groups excluding carboxylic acids is 2. The predicted molar refractivity (Wildman–Crippen MR) is 79.4 cm³/mol. The molecular weight excluding hydrogens is 270 g/mol. The van der Waals surface area contributed by atoms with Gasteiger partial charge in [-0.25, -0.2) is 0 Å². The third-order valence-corrected chi connectivity index (χ3v) is 5.36. The molecule has 0 aromatic rings. The van der Waals surface area contributed by atoms with E-state index in [1.165, 1.54) is 0 Å². The molecule has 3 unspecified atom stereocenters. The second-order valence-electron chi connectivity index (χ2n) is 7.42. The molecule has 6 nitrogen and oxygen atoms in total. The van der Waals surface area contributed by atoms with Crippen molar-refractivity contribution in [2.75, 3.05) is 20.2 Å². The van der Waals surface area contributed by atoms with Gasteiger partial charge in [-0.15, -0.1) is 0 Å².